The molecule has 0 radical (unpaired) electrons. The van der Waals surface area contributed by atoms with Gasteiger partial charge in [0.1, 0.15) is 11.5 Å². The van der Waals surface area contributed by atoms with Gasteiger partial charge >= 0.3 is 0 Å². The number of aliphatic hydroxyl groups is 1. The Labute approximate surface area is 109 Å². The van der Waals surface area contributed by atoms with Gasteiger partial charge in [-0.05, 0) is 37.3 Å². The molecule has 0 saturated heterocycles. The van der Waals surface area contributed by atoms with E-state index < -0.39 is 5.60 Å². The minimum absolute atomic E-state index is 0.319. The molecule has 100 valence electrons. The largest absolute Gasteiger partial charge is 0.497 e. The maximum atomic E-state index is 11.0. The highest BCUT2D eigenvalue weighted by Gasteiger charge is 2.43. The molecule has 0 spiro atoms. The van der Waals surface area contributed by atoms with E-state index in [-0.39, 0.29) is 0 Å². The Morgan fingerprint density at radius 2 is 2.11 bits per heavy atom. The first-order chi connectivity index (χ1) is 8.65. The van der Waals surface area contributed by atoms with Crippen LogP contribution in [-0.4, -0.2) is 19.3 Å². The van der Waals surface area contributed by atoms with E-state index in [1.54, 1.807) is 14.2 Å². The highest BCUT2D eigenvalue weighted by Crippen LogP contribution is 2.48. The Hall–Kier alpha value is -1.22. The Morgan fingerprint density at radius 1 is 1.33 bits per heavy atom. The second-order valence-corrected chi connectivity index (χ2v) is 4.99. The molecule has 1 fully saturated rings. The van der Waals surface area contributed by atoms with Crippen molar-refractivity contribution in [2.75, 3.05) is 14.2 Å². The predicted octanol–water partition coefficient (Wildman–Crippen LogP) is 3.10. The van der Waals surface area contributed by atoms with Crippen LogP contribution in [0.5, 0.6) is 11.5 Å². The van der Waals surface area contributed by atoms with Crippen LogP contribution >= 0.6 is 0 Å². The molecule has 3 nitrogen and oxygen atoms in total. The van der Waals surface area contributed by atoms with Gasteiger partial charge in [0.15, 0.2) is 0 Å². The minimum atomic E-state index is -0.744. The molecule has 0 heterocycles. The van der Waals surface area contributed by atoms with Gasteiger partial charge in [0.25, 0.3) is 0 Å². The first-order valence-corrected chi connectivity index (χ1v) is 6.60. The molecule has 1 saturated carbocycles. The average molecular weight is 250 g/mol. The first-order valence-electron chi connectivity index (χ1n) is 6.60. The van der Waals surface area contributed by atoms with Crippen molar-refractivity contribution in [3.8, 4) is 11.5 Å². The molecule has 2 atom stereocenters. The molecule has 0 amide bonds. The van der Waals surface area contributed by atoms with Crippen molar-refractivity contribution in [1.82, 2.24) is 0 Å². The Kier molecular flexibility index (Phi) is 3.81. The lowest BCUT2D eigenvalue weighted by atomic mass is 9.82. The van der Waals surface area contributed by atoms with Crippen LogP contribution < -0.4 is 9.47 Å². The van der Waals surface area contributed by atoms with Crippen molar-refractivity contribution >= 4 is 0 Å². The van der Waals surface area contributed by atoms with Gasteiger partial charge in [0.2, 0.25) is 0 Å². The monoisotopic (exact) mass is 250 g/mol. The van der Waals surface area contributed by atoms with Crippen molar-refractivity contribution in [3.05, 3.63) is 23.8 Å². The summed E-state index contributed by atoms with van der Waals surface area (Å²) in [6.07, 6.45) is 3.96. The topological polar surface area (TPSA) is 38.7 Å². The number of hydrogen-bond donors (Lipinski definition) is 1. The van der Waals surface area contributed by atoms with Gasteiger partial charge in [-0.3, -0.25) is 0 Å². The number of benzene rings is 1. The van der Waals surface area contributed by atoms with Gasteiger partial charge < -0.3 is 14.6 Å². The molecule has 0 aliphatic heterocycles. The zero-order chi connectivity index (χ0) is 13.2. The van der Waals surface area contributed by atoms with Gasteiger partial charge in [-0.15, -0.1) is 0 Å². The third-order valence-corrected chi connectivity index (χ3v) is 4.15. The summed E-state index contributed by atoms with van der Waals surface area (Å²) in [5.74, 6) is 1.79. The SMILES string of the molecule is CCC1CCCC1(O)c1ccc(OC)cc1OC. The lowest BCUT2D eigenvalue weighted by molar-refractivity contribution is -0.00587. The molecule has 1 N–H and O–H groups in total. The van der Waals surface area contributed by atoms with E-state index in [1.165, 1.54) is 0 Å². The van der Waals surface area contributed by atoms with Crippen LogP contribution in [0.15, 0.2) is 18.2 Å². The Morgan fingerprint density at radius 3 is 2.72 bits per heavy atom. The van der Waals surface area contributed by atoms with Gasteiger partial charge in [0.05, 0.1) is 19.8 Å². The van der Waals surface area contributed by atoms with Crippen LogP contribution in [0.3, 0.4) is 0 Å². The van der Waals surface area contributed by atoms with Crippen LogP contribution in [0.2, 0.25) is 0 Å². The molecular formula is C15H22O3. The average Bonchev–Trinajstić information content (AvgIpc) is 2.80. The van der Waals surface area contributed by atoms with Crippen molar-refractivity contribution in [2.45, 2.75) is 38.2 Å². The van der Waals surface area contributed by atoms with Gasteiger partial charge in [-0.2, -0.15) is 0 Å². The standard InChI is InChI=1S/C15H22O3/c1-4-11-6-5-9-15(11,16)13-8-7-12(17-2)10-14(13)18-3/h7-8,10-11,16H,4-6,9H2,1-3H3. The first kappa shape index (κ1) is 13.2. The molecule has 0 bridgehead atoms. The third-order valence-electron chi connectivity index (χ3n) is 4.15. The van der Waals surface area contributed by atoms with E-state index in [9.17, 15) is 5.11 Å². The lowest BCUT2D eigenvalue weighted by Gasteiger charge is -2.31. The second-order valence-electron chi connectivity index (χ2n) is 4.99. The van der Waals surface area contributed by atoms with Gasteiger partial charge in [-0.25, -0.2) is 0 Å². The van der Waals surface area contributed by atoms with Gasteiger partial charge in [-0.1, -0.05) is 13.3 Å². The van der Waals surface area contributed by atoms with Gasteiger partial charge in [0, 0.05) is 11.6 Å². The van der Waals surface area contributed by atoms with Crippen molar-refractivity contribution in [3.63, 3.8) is 0 Å². The maximum Gasteiger partial charge on any atom is 0.128 e. The zero-order valence-electron chi connectivity index (χ0n) is 11.4. The summed E-state index contributed by atoms with van der Waals surface area (Å²) in [5.41, 5.74) is 0.155. The zero-order valence-corrected chi connectivity index (χ0v) is 11.4. The van der Waals surface area contributed by atoms with Crippen molar-refractivity contribution in [2.24, 2.45) is 5.92 Å². The van der Waals surface area contributed by atoms with Crippen LogP contribution in [0.25, 0.3) is 0 Å². The van der Waals surface area contributed by atoms with Crippen molar-refractivity contribution < 1.29 is 14.6 Å². The number of ether oxygens (including phenoxy) is 2. The molecule has 0 aromatic heterocycles. The number of hydrogen-bond acceptors (Lipinski definition) is 3. The molecule has 2 rings (SSSR count). The summed E-state index contributed by atoms with van der Waals surface area (Å²) >= 11 is 0. The summed E-state index contributed by atoms with van der Waals surface area (Å²) in [6, 6.07) is 5.67. The molecular weight excluding hydrogens is 228 g/mol. The van der Waals surface area contributed by atoms with E-state index in [0.29, 0.717) is 5.92 Å². The van der Waals surface area contributed by atoms with Crippen LogP contribution in [0.1, 0.15) is 38.2 Å². The molecule has 1 aliphatic rings. The van der Waals surface area contributed by atoms with Crippen molar-refractivity contribution in [1.29, 1.82) is 0 Å². The molecule has 1 aromatic rings. The molecule has 18 heavy (non-hydrogen) atoms. The fraction of sp³-hybridized carbons (Fsp3) is 0.600. The number of methoxy groups -OCH3 is 2. The Balaban J connectivity index is 2.43. The summed E-state index contributed by atoms with van der Waals surface area (Å²) in [4.78, 5) is 0. The molecule has 1 aromatic carbocycles. The smallest absolute Gasteiger partial charge is 0.128 e. The highest BCUT2D eigenvalue weighted by molar-refractivity contribution is 5.44. The predicted molar refractivity (Wildman–Crippen MR) is 71.1 cm³/mol. The van der Waals surface area contributed by atoms with Crippen LogP contribution in [0.4, 0.5) is 0 Å². The quantitative estimate of drug-likeness (QED) is 0.892. The molecule has 3 heteroatoms. The fourth-order valence-electron chi connectivity index (χ4n) is 3.11. The normalized spacial score (nSPS) is 27.2. The summed E-state index contributed by atoms with van der Waals surface area (Å²) in [7, 11) is 3.27. The second kappa shape index (κ2) is 5.19. The maximum absolute atomic E-state index is 11.0. The van der Waals surface area contributed by atoms with E-state index in [0.717, 1.165) is 42.7 Å². The van der Waals surface area contributed by atoms with E-state index >= 15 is 0 Å². The molecule has 2 unspecified atom stereocenters. The van der Waals surface area contributed by atoms with Crippen LogP contribution in [0, 0.1) is 5.92 Å². The summed E-state index contributed by atoms with van der Waals surface area (Å²) in [6.45, 7) is 2.14. The van der Waals surface area contributed by atoms with E-state index in [1.807, 2.05) is 18.2 Å². The molecule has 1 aliphatic carbocycles. The Bertz CT molecular complexity index is 416. The van der Waals surface area contributed by atoms with E-state index in [4.69, 9.17) is 9.47 Å². The van der Waals surface area contributed by atoms with Crippen LogP contribution in [-0.2, 0) is 5.60 Å². The fourth-order valence-corrected chi connectivity index (χ4v) is 3.11. The lowest BCUT2D eigenvalue weighted by Crippen LogP contribution is -2.30. The minimum Gasteiger partial charge on any atom is -0.497 e. The number of rotatable bonds is 4. The summed E-state index contributed by atoms with van der Waals surface area (Å²) < 4.78 is 10.6. The summed E-state index contributed by atoms with van der Waals surface area (Å²) in [5, 5.41) is 11.0. The highest BCUT2D eigenvalue weighted by atomic mass is 16.5. The van der Waals surface area contributed by atoms with E-state index in [2.05, 4.69) is 6.92 Å². The third kappa shape index (κ3) is 2.07.